The van der Waals surface area contributed by atoms with Gasteiger partial charge in [-0.25, -0.2) is 4.98 Å². The van der Waals surface area contributed by atoms with Crippen LogP contribution in [0, 0.1) is 17.0 Å². The Morgan fingerprint density at radius 2 is 1.97 bits per heavy atom. The second kappa shape index (κ2) is 10.0. The molecule has 0 atom stereocenters. The molecule has 162 valence electrons. The Morgan fingerprint density at radius 3 is 2.55 bits per heavy atom. The Balaban J connectivity index is 1.67. The fourth-order valence-electron chi connectivity index (χ4n) is 3.06. The molecule has 9 heteroatoms. The van der Waals surface area contributed by atoms with Gasteiger partial charge in [0.1, 0.15) is 5.56 Å². The van der Waals surface area contributed by atoms with Crippen molar-refractivity contribution in [3.05, 3.63) is 68.0 Å². The molecule has 0 fully saturated rings. The lowest BCUT2D eigenvalue weighted by Gasteiger charge is -2.12. The number of hydrogen-bond acceptors (Lipinski definition) is 7. The number of benzene rings is 2. The van der Waals surface area contributed by atoms with Gasteiger partial charge in [-0.1, -0.05) is 24.3 Å². The van der Waals surface area contributed by atoms with Gasteiger partial charge in [0.25, 0.3) is 11.6 Å². The van der Waals surface area contributed by atoms with Crippen LogP contribution >= 0.6 is 11.3 Å². The van der Waals surface area contributed by atoms with Gasteiger partial charge in [-0.2, -0.15) is 0 Å². The maximum atomic E-state index is 12.6. The lowest BCUT2D eigenvalue weighted by atomic mass is 10.1. The predicted molar refractivity (Wildman–Crippen MR) is 119 cm³/mol. The van der Waals surface area contributed by atoms with Crippen LogP contribution < -0.4 is 14.8 Å². The Morgan fingerprint density at radius 1 is 1.23 bits per heavy atom. The van der Waals surface area contributed by atoms with Crippen LogP contribution in [0.4, 0.5) is 5.69 Å². The molecule has 0 radical (unpaired) electrons. The van der Waals surface area contributed by atoms with E-state index in [1.54, 1.807) is 18.3 Å². The third kappa shape index (κ3) is 5.37. The summed E-state index contributed by atoms with van der Waals surface area (Å²) in [6.45, 7) is 4.38. The highest BCUT2D eigenvalue weighted by Crippen LogP contribution is 2.34. The summed E-state index contributed by atoms with van der Waals surface area (Å²) in [5.74, 6) is -0.0447. The van der Waals surface area contributed by atoms with Crippen LogP contribution in [0.2, 0.25) is 0 Å². The van der Waals surface area contributed by atoms with E-state index in [0.29, 0.717) is 19.6 Å². The van der Waals surface area contributed by atoms with Crippen molar-refractivity contribution in [1.29, 1.82) is 0 Å². The zero-order valence-corrected chi connectivity index (χ0v) is 18.3. The summed E-state index contributed by atoms with van der Waals surface area (Å²) in [4.78, 5) is 27.9. The van der Waals surface area contributed by atoms with Gasteiger partial charge in [0, 0.05) is 23.6 Å². The van der Waals surface area contributed by atoms with Crippen molar-refractivity contribution in [1.82, 2.24) is 10.3 Å². The number of rotatable bonds is 9. The molecular weight excluding hydrogens is 418 g/mol. The van der Waals surface area contributed by atoms with Crippen LogP contribution in [0.5, 0.6) is 11.5 Å². The summed E-state index contributed by atoms with van der Waals surface area (Å²) in [5, 5.41) is 17.2. The fourth-order valence-corrected chi connectivity index (χ4v) is 3.69. The minimum absolute atomic E-state index is 0.0699. The number of nitrogens with one attached hydrogen (secondary N) is 1. The van der Waals surface area contributed by atoms with E-state index < -0.39 is 10.8 Å². The molecule has 0 saturated carbocycles. The normalized spacial score (nSPS) is 10.5. The number of thiazole rings is 1. The van der Waals surface area contributed by atoms with E-state index in [0.717, 1.165) is 21.8 Å². The first-order valence-corrected chi connectivity index (χ1v) is 10.6. The largest absolute Gasteiger partial charge is 0.493 e. The molecule has 0 spiro atoms. The SMILES string of the molecule is CCOc1cc([N+](=O)[O-])c(C(=O)NCCc2ccc(-c3csc(C)n3)cc2)cc1OC. The van der Waals surface area contributed by atoms with Crippen molar-refractivity contribution in [3.8, 4) is 22.8 Å². The molecule has 0 aliphatic heterocycles. The molecule has 1 heterocycles. The summed E-state index contributed by atoms with van der Waals surface area (Å²) in [5.41, 5.74) is 2.62. The molecule has 3 aromatic rings. The average molecular weight is 442 g/mol. The third-order valence-corrected chi connectivity index (χ3v) is 5.36. The van der Waals surface area contributed by atoms with Gasteiger partial charge < -0.3 is 14.8 Å². The van der Waals surface area contributed by atoms with E-state index in [-0.39, 0.29) is 22.7 Å². The first-order chi connectivity index (χ1) is 14.9. The van der Waals surface area contributed by atoms with Gasteiger partial charge in [-0.3, -0.25) is 14.9 Å². The quantitative estimate of drug-likeness (QED) is 0.390. The number of nitro benzene ring substituents is 1. The lowest BCUT2D eigenvalue weighted by Crippen LogP contribution is -2.26. The lowest BCUT2D eigenvalue weighted by molar-refractivity contribution is -0.385. The van der Waals surface area contributed by atoms with E-state index in [2.05, 4.69) is 10.3 Å². The highest BCUT2D eigenvalue weighted by molar-refractivity contribution is 7.09. The second-order valence-corrected chi connectivity index (χ2v) is 7.73. The first-order valence-electron chi connectivity index (χ1n) is 9.71. The van der Waals surface area contributed by atoms with Crippen LogP contribution in [0.25, 0.3) is 11.3 Å². The minimum Gasteiger partial charge on any atom is -0.493 e. The van der Waals surface area contributed by atoms with Crippen LogP contribution in [0.15, 0.2) is 41.8 Å². The van der Waals surface area contributed by atoms with E-state index in [4.69, 9.17) is 9.47 Å². The summed E-state index contributed by atoms with van der Waals surface area (Å²) in [6.07, 6.45) is 0.587. The van der Waals surface area contributed by atoms with Gasteiger partial charge in [-0.05, 0) is 25.8 Å². The van der Waals surface area contributed by atoms with E-state index in [1.807, 2.05) is 36.6 Å². The molecule has 31 heavy (non-hydrogen) atoms. The Bertz CT molecular complexity index is 1080. The molecule has 0 bridgehead atoms. The maximum Gasteiger partial charge on any atom is 0.286 e. The van der Waals surface area contributed by atoms with Crippen molar-refractivity contribution in [2.45, 2.75) is 20.3 Å². The van der Waals surface area contributed by atoms with E-state index in [1.165, 1.54) is 19.2 Å². The Labute approximate surface area is 184 Å². The Kier molecular flexibility index (Phi) is 7.19. The number of methoxy groups -OCH3 is 1. The van der Waals surface area contributed by atoms with Gasteiger partial charge in [-0.15, -0.1) is 11.3 Å². The molecule has 0 aliphatic rings. The average Bonchev–Trinajstić information content (AvgIpc) is 3.20. The Hall–Kier alpha value is -3.46. The molecule has 0 aliphatic carbocycles. The van der Waals surface area contributed by atoms with Crippen molar-refractivity contribution in [2.24, 2.45) is 0 Å². The number of carbonyl (C=O) groups is 1. The monoisotopic (exact) mass is 441 g/mol. The zero-order chi connectivity index (χ0) is 22.4. The van der Waals surface area contributed by atoms with Crippen LogP contribution in [-0.4, -0.2) is 36.1 Å². The molecular formula is C22H23N3O5S. The number of nitrogens with zero attached hydrogens (tertiary/aromatic N) is 2. The molecule has 2 aromatic carbocycles. The van der Waals surface area contributed by atoms with E-state index in [9.17, 15) is 14.9 Å². The highest BCUT2D eigenvalue weighted by atomic mass is 32.1. The number of nitro groups is 1. The summed E-state index contributed by atoms with van der Waals surface area (Å²) in [6, 6.07) is 10.5. The van der Waals surface area contributed by atoms with Gasteiger partial charge in [0.2, 0.25) is 0 Å². The predicted octanol–water partition coefficient (Wildman–Crippen LogP) is 4.41. The molecule has 1 aromatic heterocycles. The number of aromatic nitrogens is 1. The number of hydrogen-bond donors (Lipinski definition) is 1. The minimum atomic E-state index is -0.601. The standard InChI is InChI=1S/C22H23N3O5S/c1-4-30-21-12-19(25(27)28)17(11-20(21)29-3)22(26)23-10-9-15-5-7-16(8-6-15)18-13-31-14(2)24-18/h5-8,11-13H,4,9-10H2,1-3H3,(H,23,26). The summed E-state index contributed by atoms with van der Waals surface area (Å²) < 4.78 is 10.6. The molecule has 3 rings (SSSR count). The van der Waals surface area contributed by atoms with Crippen LogP contribution in [0.3, 0.4) is 0 Å². The smallest absolute Gasteiger partial charge is 0.286 e. The fraction of sp³-hybridized carbons (Fsp3) is 0.273. The molecule has 0 saturated heterocycles. The molecule has 8 nitrogen and oxygen atoms in total. The number of ether oxygens (including phenoxy) is 2. The zero-order valence-electron chi connectivity index (χ0n) is 17.5. The van der Waals surface area contributed by atoms with Crippen LogP contribution in [0.1, 0.15) is 27.9 Å². The van der Waals surface area contributed by atoms with Crippen molar-refractivity contribution in [2.75, 3.05) is 20.3 Å². The van der Waals surface area contributed by atoms with Crippen LogP contribution in [-0.2, 0) is 6.42 Å². The van der Waals surface area contributed by atoms with Gasteiger partial charge in [0.15, 0.2) is 11.5 Å². The number of carbonyl (C=O) groups excluding carboxylic acids is 1. The third-order valence-electron chi connectivity index (χ3n) is 4.59. The topological polar surface area (TPSA) is 104 Å². The van der Waals surface area contributed by atoms with Crippen molar-refractivity contribution in [3.63, 3.8) is 0 Å². The first kappa shape index (κ1) is 22.2. The van der Waals surface area contributed by atoms with E-state index >= 15 is 0 Å². The maximum absolute atomic E-state index is 12.6. The van der Waals surface area contributed by atoms with Crippen molar-refractivity contribution < 1.29 is 19.2 Å². The van der Waals surface area contributed by atoms with Crippen molar-refractivity contribution >= 4 is 22.9 Å². The van der Waals surface area contributed by atoms with Gasteiger partial charge >= 0.3 is 0 Å². The highest BCUT2D eigenvalue weighted by Gasteiger charge is 2.24. The summed E-state index contributed by atoms with van der Waals surface area (Å²) >= 11 is 1.60. The molecule has 0 unspecified atom stereocenters. The number of aryl methyl sites for hydroxylation is 1. The van der Waals surface area contributed by atoms with Gasteiger partial charge in [0.05, 0.1) is 35.4 Å². The molecule has 1 amide bonds. The summed E-state index contributed by atoms with van der Waals surface area (Å²) in [7, 11) is 1.42. The second-order valence-electron chi connectivity index (χ2n) is 6.66. The number of amides is 1. The molecule has 1 N–H and O–H groups in total.